The number of aryl methyl sites for hydroxylation is 3. The summed E-state index contributed by atoms with van der Waals surface area (Å²) in [6.45, 7) is 6.48. The number of carbonyl (C=O) groups is 1. The molecule has 1 atom stereocenters. The number of carbonyl (C=O) groups excluding carboxylic acids is 1. The van der Waals surface area contributed by atoms with Crippen LogP contribution in [0.3, 0.4) is 0 Å². The molecule has 6 heteroatoms. The fourth-order valence-electron chi connectivity index (χ4n) is 4.03. The van der Waals surface area contributed by atoms with Gasteiger partial charge in [0.1, 0.15) is 5.82 Å². The summed E-state index contributed by atoms with van der Waals surface area (Å²) in [6, 6.07) is 10.2. The van der Waals surface area contributed by atoms with E-state index in [0.29, 0.717) is 12.3 Å². The average molecular weight is 365 g/mol. The number of imidazole rings is 1. The molecule has 3 aromatic rings. The van der Waals surface area contributed by atoms with E-state index in [4.69, 9.17) is 4.98 Å². The molecule has 0 aliphatic carbocycles. The highest BCUT2D eigenvalue weighted by atomic mass is 16.2. The summed E-state index contributed by atoms with van der Waals surface area (Å²) in [5.41, 5.74) is 4.26. The van der Waals surface area contributed by atoms with Crippen LogP contribution in [0, 0.1) is 13.8 Å². The van der Waals surface area contributed by atoms with Crippen molar-refractivity contribution in [1.29, 1.82) is 0 Å². The fraction of sp³-hybridized carbons (Fsp3) is 0.476. The Labute approximate surface area is 159 Å². The van der Waals surface area contributed by atoms with Crippen molar-refractivity contribution < 1.29 is 4.79 Å². The molecule has 0 saturated carbocycles. The van der Waals surface area contributed by atoms with Gasteiger partial charge in [-0.1, -0.05) is 12.1 Å². The molecule has 4 rings (SSSR count). The number of nitrogens with zero attached hydrogens (tertiary/aromatic N) is 4. The zero-order valence-electron chi connectivity index (χ0n) is 16.1. The summed E-state index contributed by atoms with van der Waals surface area (Å²) < 4.78 is 2.00. The number of amides is 1. The first kappa shape index (κ1) is 17.8. The maximum Gasteiger partial charge on any atom is 0.222 e. The number of para-hydroxylation sites is 2. The summed E-state index contributed by atoms with van der Waals surface area (Å²) in [5, 5.41) is 4.47. The first-order valence-electron chi connectivity index (χ1n) is 9.83. The van der Waals surface area contributed by atoms with Gasteiger partial charge >= 0.3 is 0 Å². The third kappa shape index (κ3) is 3.89. The molecule has 6 nitrogen and oxygen atoms in total. The summed E-state index contributed by atoms with van der Waals surface area (Å²) in [5.74, 6) is 1.56. The Balaban J connectivity index is 1.34. The molecule has 1 fully saturated rings. The van der Waals surface area contributed by atoms with Crippen LogP contribution in [-0.4, -0.2) is 43.6 Å². The number of benzene rings is 1. The first-order valence-corrected chi connectivity index (χ1v) is 9.83. The zero-order chi connectivity index (χ0) is 18.8. The lowest BCUT2D eigenvalue weighted by molar-refractivity contribution is -0.132. The van der Waals surface area contributed by atoms with Crippen molar-refractivity contribution in [1.82, 2.24) is 24.6 Å². The van der Waals surface area contributed by atoms with Gasteiger partial charge in [0.25, 0.3) is 0 Å². The minimum absolute atomic E-state index is 0.248. The van der Waals surface area contributed by atoms with Crippen molar-refractivity contribution >= 4 is 16.9 Å². The smallest absolute Gasteiger partial charge is 0.222 e. The van der Waals surface area contributed by atoms with Crippen molar-refractivity contribution in [2.45, 2.75) is 52.0 Å². The Morgan fingerprint density at radius 3 is 2.93 bits per heavy atom. The molecule has 1 aromatic carbocycles. The van der Waals surface area contributed by atoms with Gasteiger partial charge in [-0.05, 0) is 51.3 Å². The van der Waals surface area contributed by atoms with Gasteiger partial charge < -0.3 is 9.88 Å². The zero-order valence-corrected chi connectivity index (χ0v) is 16.1. The average Bonchev–Trinajstić information content (AvgIpc) is 3.24. The molecular formula is C21H27N5O. The van der Waals surface area contributed by atoms with E-state index in [-0.39, 0.29) is 5.91 Å². The maximum absolute atomic E-state index is 12.7. The molecule has 1 N–H and O–H groups in total. The molecule has 0 bridgehead atoms. The Morgan fingerprint density at radius 1 is 1.30 bits per heavy atom. The number of rotatable bonds is 5. The van der Waals surface area contributed by atoms with Gasteiger partial charge in [0, 0.05) is 37.7 Å². The Hall–Kier alpha value is -2.63. The number of piperidine rings is 1. The van der Waals surface area contributed by atoms with Crippen LogP contribution in [0.1, 0.15) is 48.8 Å². The standard InChI is InChI=1S/C21H27N5O/c1-15-13-16(2)26(24-15)12-6-10-20(27)25-11-5-7-17(14-25)21-22-18-8-3-4-9-19(18)23-21/h3-4,8-9,13,17H,5-7,10-12,14H2,1-2H3,(H,22,23)/t17-/m0/s1. The minimum Gasteiger partial charge on any atom is -0.342 e. The highest BCUT2D eigenvalue weighted by Crippen LogP contribution is 2.27. The number of hydrogen-bond acceptors (Lipinski definition) is 3. The van der Waals surface area contributed by atoms with Crippen molar-refractivity contribution in [3.05, 3.63) is 47.5 Å². The Morgan fingerprint density at radius 2 is 2.15 bits per heavy atom. The molecule has 0 spiro atoms. The first-order chi connectivity index (χ1) is 13.1. The molecule has 1 amide bonds. The molecule has 1 aliphatic rings. The SMILES string of the molecule is Cc1cc(C)n(CCCC(=O)N2CCC[C@H](c3nc4ccccc4[nH]3)C2)n1. The van der Waals surface area contributed by atoms with E-state index < -0.39 is 0 Å². The van der Waals surface area contributed by atoms with E-state index in [1.807, 2.05) is 34.7 Å². The number of aromatic nitrogens is 4. The highest BCUT2D eigenvalue weighted by molar-refractivity contribution is 5.76. The number of nitrogens with one attached hydrogen (secondary N) is 1. The van der Waals surface area contributed by atoms with E-state index in [1.165, 1.54) is 0 Å². The number of fused-ring (bicyclic) bond motifs is 1. The lowest BCUT2D eigenvalue weighted by Gasteiger charge is -2.32. The molecule has 1 saturated heterocycles. The Bertz CT molecular complexity index is 908. The van der Waals surface area contributed by atoms with Gasteiger partial charge in [-0.15, -0.1) is 0 Å². The van der Waals surface area contributed by atoms with Gasteiger partial charge in [-0.25, -0.2) is 4.98 Å². The van der Waals surface area contributed by atoms with E-state index >= 15 is 0 Å². The van der Waals surface area contributed by atoms with Crippen molar-refractivity contribution in [3.8, 4) is 0 Å². The normalized spacial score (nSPS) is 17.6. The van der Waals surface area contributed by atoms with Crippen LogP contribution in [0.15, 0.2) is 30.3 Å². The van der Waals surface area contributed by atoms with E-state index in [0.717, 1.165) is 67.1 Å². The monoisotopic (exact) mass is 365 g/mol. The number of likely N-dealkylation sites (tertiary alicyclic amines) is 1. The van der Waals surface area contributed by atoms with Crippen LogP contribution in [0.5, 0.6) is 0 Å². The number of H-pyrrole nitrogens is 1. The van der Waals surface area contributed by atoms with E-state index in [1.54, 1.807) is 0 Å². The molecule has 0 radical (unpaired) electrons. The summed E-state index contributed by atoms with van der Waals surface area (Å²) >= 11 is 0. The molecule has 3 heterocycles. The van der Waals surface area contributed by atoms with Crippen LogP contribution in [0.25, 0.3) is 11.0 Å². The second-order valence-corrected chi connectivity index (χ2v) is 7.57. The fourth-order valence-corrected chi connectivity index (χ4v) is 4.03. The second kappa shape index (κ2) is 7.55. The highest BCUT2D eigenvalue weighted by Gasteiger charge is 2.26. The second-order valence-electron chi connectivity index (χ2n) is 7.57. The van der Waals surface area contributed by atoms with Crippen LogP contribution >= 0.6 is 0 Å². The number of aromatic amines is 1. The summed E-state index contributed by atoms with van der Waals surface area (Å²) in [6.07, 6.45) is 3.51. The van der Waals surface area contributed by atoms with Gasteiger partial charge in [0.15, 0.2) is 0 Å². The number of hydrogen-bond donors (Lipinski definition) is 1. The lowest BCUT2D eigenvalue weighted by atomic mass is 9.97. The van der Waals surface area contributed by atoms with Crippen LogP contribution in [0.4, 0.5) is 0 Å². The van der Waals surface area contributed by atoms with Crippen molar-refractivity contribution in [2.75, 3.05) is 13.1 Å². The molecule has 0 unspecified atom stereocenters. The van der Waals surface area contributed by atoms with Gasteiger partial charge in [0.05, 0.1) is 16.7 Å². The Kier molecular flexibility index (Phi) is 4.97. The largest absolute Gasteiger partial charge is 0.342 e. The quantitative estimate of drug-likeness (QED) is 0.752. The van der Waals surface area contributed by atoms with Crippen molar-refractivity contribution in [2.24, 2.45) is 0 Å². The molecule has 27 heavy (non-hydrogen) atoms. The molecular weight excluding hydrogens is 338 g/mol. The third-order valence-electron chi connectivity index (χ3n) is 5.43. The van der Waals surface area contributed by atoms with Gasteiger partial charge in [-0.2, -0.15) is 5.10 Å². The molecule has 142 valence electrons. The maximum atomic E-state index is 12.7. The van der Waals surface area contributed by atoms with E-state index in [9.17, 15) is 4.79 Å². The topological polar surface area (TPSA) is 66.8 Å². The third-order valence-corrected chi connectivity index (χ3v) is 5.43. The molecule has 2 aromatic heterocycles. The predicted octanol–water partition coefficient (Wildman–Crippen LogP) is 3.56. The predicted molar refractivity (Wildman–Crippen MR) is 106 cm³/mol. The van der Waals surface area contributed by atoms with Crippen molar-refractivity contribution in [3.63, 3.8) is 0 Å². The summed E-state index contributed by atoms with van der Waals surface area (Å²) in [7, 11) is 0. The summed E-state index contributed by atoms with van der Waals surface area (Å²) in [4.78, 5) is 22.9. The van der Waals surface area contributed by atoms with E-state index in [2.05, 4.69) is 29.1 Å². The van der Waals surface area contributed by atoms with Gasteiger partial charge in [-0.3, -0.25) is 9.48 Å². The van der Waals surface area contributed by atoms with Crippen LogP contribution in [0.2, 0.25) is 0 Å². The lowest BCUT2D eigenvalue weighted by Crippen LogP contribution is -2.39. The molecule has 1 aliphatic heterocycles. The van der Waals surface area contributed by atoms with Gasteiger partial charge in [0.2, 0.25) is 5.91 Å². The minimum atomic E-state index is 0.248. The van der Waals surface area contributed by atoms with Crippen LogP contribution < -0.4 is 0 Å². The van der Waals surface area contributed by atoms with Crippen LogP contribution in [-0.2, 0) is 11.3 Å².